The lowest BCUT2D eigenvalue weighted by Crippen LogP contribution is -2.19. The molecule has 3 rings (SSSR count). The van der Waals surface area contributed by atoms with E-state index in [9.17, 15) is 5.11 Å². The van der Waals surface area contributed by atoms with Crippen LogP contribution in [0.4, 0.5) is 0 Å². The summed E-state index contributed by atoms with van der Waals surface area (Å²) in [5.41, 5.74) is 1.00. The number of thioether (sulfide) groups is 1. The number of fused-ring (bicyclic) bond motifs is 1. The van der Waals surface area contributed by atoms with Crippen LogP contribution in [0.5, 0.6) is 5.75 Å². The molecule has 1 heterocycles. The topological polar surface area (TPSA) is 42.4 Å². The van der Waals surface area contributed by atoms with Crippen LogP contribution in [0.15, 0.2) is 52.9 Å². The zero-order chi connectivity index (χ0) is 15.4. The second kappa shape index (κ2) is 7.33. The Bertz CT molecular complexity index is 712. The smallest absolute Gasteiger partial charge is 0.151 e. The van der Waals surface area contributed by atoms with Crippen molar-refractivity contribution in [1.29, 1.82) is 0 Å². The Kier molecular flexibility index (Phi) is 5.20. The van der Waals surface area contributed by atoms with Gasteiger partial charge in [-0.15, -0.1) is 11.3 Å². The quantitative estimate of drug-likeness (QED) is 0.665. The molecule has 0 aliphatic rings. The van der Waals surface area contributed by atoms with Gasteiger partial charge in [0.2, 0.25) is 0 Å². The first kappa shape index (κ1) is 15.6. The van der Waals surface area contributed by atoms with E-state index >= 15 is 0 Å². The number of aromatic nitrogens is 1. The van der Waals surface area contributed by atoms with Gasteiger partial charge in [0.05, 0.1) is 16.3 Å². The van der Waals surface area contributed by atoms with Gasteiger partial charge in [-0.05, 0) is 36.4 Å². The van der Waals surface area contributed by atoms with Crippen LogP contribution in [-0.2, 0) is 0 Å². The van der Waals surface area contributed by atoms with Crippen molar-refractivity contribution in [1.82, 2.24) is 4.98 Å². The highest BCUT2D eigenvalue weighted by Gasteiger charge is 2.09. The molecule has 0 bridgehead atoms. The van der Waals surface area contributed by atoms with E-state index in [-0.39, 0.29) is 6.61 Å². The molecule has 1 N–H and O–H groups in total. The summed E-state index contributed by atoms with van der Waals surface area (Å²) >= 11 is 9.00. The van der Waals surface area contributed by atoms with Gasteiger partial charge >= 0.3 is 0 Å². The van der Waals surface area contributed by atoms with E-state index in [1.165, 1.54) is 0 Å². The predicted molar refractivity (Wildman–Crippen MR) is 93.3 cm³/mol. The molecule has 0 spiro atoms. The summed E-state index contributed by atoms with van der Waals surface area (Å²) in [6.07, 6.45) is -0.548. The third kappa shape index (κ3) is 4.14. The molecule has 3 nitrogen and oxygen atoms in total. The van der Waals surface area contributed by atoms with Gasteiger partial charge in [0.15, 0.2) is 4.34 Å². The van der Waals surface area contributed by atoms with Gasteiger partial charge in [0.1, 0.15) is 12.4 Å². The average molecular weight is 352 g/mol. The summed E-state index contributed by atoms with van der Waals surface area (Å²) in [5, 5.41) is 10.7. The fraction of sp³-hybridized carbons (Fsp3) is 0.188. The second-order valence-corrected chi connectivity index (χ2v) is 7.41. The third-order valence-corrected chi connectivity index (χ3v) is 5.51. The fourth-order valence-electron chi connectivity index (χ4n) is 1.85. The number of para-hydroxylation sites is 1. The van der Waals surface area contributed by atoms with Gasteiger partial charge in [-0.25, -0.2) is 4.98 Å². The molecule has 2 aromatic carbocycles. The molecule has 114 valence electrons. The standard InChI is InChI=1S/C16H14ClNO2S2/c17-11-5-7-13(8-6-11)20-9-12(19)10-21-16-18-14-3-1-2-4-15(14)22-16/h1-8,12,19H,9-10H2/t12-/m1/s1. The third-order valence-electron chi connectivity index (χ3n) is 2.93. The van der Waals surface area contributed by atoms with E-state index in [4.69, 9.17) is 16.3 Å². The lowest BCUT2D eigenvalue weighted by molar-refractivity contribution is 0.126. The van der Waals surface area contributed by atoms with Crippen molar-refractivity contribution in [2.75, 3.05) is 12.4 Å². The van der Waals surface area contributed by atoms with E-state index in [0.717, 1.165) is 14.6 Å². The molecule has 0 amide bonds. The molecule has 0 aliphatic heterocycles. The molecule has 1 aromatic heterocycles. The van der Waals surface area contributed by atoms with E-state index in [1.807, 2.05) is 18.2 Å². The van der Waals surface area contributed by atoms with E-state index in [1.54, 1.807) is 47.4 Å². The molecule has 3 aromatic rings. The molecule has 6 heteroatoms. The Balaban J connectivity index is 1.49. The minimum absolute atomic E-state index is 0.250. The van der Waals surface area contributed by atoms with Crippen molar-refractivity contribution in [2.45, 2.75) is 10.4 Å². The van der Waals surface area contributed by atoms with E-state index in [2.05, 4.69) is 11.1 Å². The molecule has 0 saturated heterocycles. The van der Waals surface area contributed by atoms with Crippen LogP contribution in [-0.4, -0.2) is 28.6 Å². The largest absolute Gasteiger partial charge is 0.491 e. The summed E-state index contributed by atoms with van der Waals surface area (Å²) in [6.45, 7) is 0.250. The van der Waals surface area contributed by atoms with Gasteiger partial charge in [-0.2, -0.15) is 0 Å². The van der Waals surface area contributed by atoms with Gasteiger partial charge in [-0.1, -0.05) is 35.5 Å². The number of aliphatic hydroxyl groups excluding tert-OH is 1. The number of thiazole rings is 1. The number of ether oxygens (including phenoxy) is 1. The first-order valence-electron chi connectivity index (χ1n) is 6.75. The Hall–Kier alpha value is -1.27. The lowest BCUT2D eigenvalue weighted by atomic mass is 10.3. The Morgan fingerprint density at radius 3 is 2.73 bits per heavy atom. The summed E-state index contributed by atoms with van der Waals surface area (Å²) < 4.78 is 7.66. The van der Waals surface area contributed by atoms with Crippen LogP contribution in [0.2, 0.25) is 5.02 Å². The Labute approximate surface area is 141 Å². The summed E-state index contributed by atoms with van der Waals surface area (Å²) in [6, 6.07) is 15.1. The van der Waals surface area contributed by atoms with Crippen LogP contribution >= 0.6 is 34.7 Å². The Morgan fingerprint density at radius 2 is 1.95 bits per heavy atom. The number of rotatable bonds is 6. The summed E-state index contributed by atoms with van der Waals surface area (Å²) in [5.74, 6) is 1.25. The zero-order valence-electron chi connectivity index (χ0n) is 11.6. The second-order valence-electron chi connectivity index (χ2n) is 4.68. The number of halogens is 1. The number of nitrogens with zero attached hydrogens (tertiary/aromatic N) is 1. The van der Waals surface area contributed by atoms with Crippen molar-refractivity contribution < 1.29 is 9.84 Å². The summed E-state index contributed by atoms with van der Waals surface area (Å²) in [4.78, 5) is 4.53. The van der Waals surface area contributed by atoms with Crippen LogP contribution < -0.4 is 4.74 Å². The minimum Gasteiger partial charge on any atom is -0.491 e. The lowest BCUT2D eigenvalue weighted by Gasteiger charge is -2.11. The number of hydrogen-bond acceptors (Lipinski definition) is 5. The number of benzene rings is 2. The van der Waals surface area contributed by atoms with Gasteiger partial charge in [0, 0.05) is 10.8 Å². The molecular weight excluding hydrogens is 338 g/mol. The van der Waals surface area contributed by atoms with Crippen molar-refractivity contribution >= 4 is 44.9 Å². The highest BCUT2D eigenvalue weighted by molar-refractivity contribution is 8.01. The highest BCUT2D eigenvalue weighted by Crippen LogP contribution is 2.29. The minimum atomic E-state index is -0.548. The Morgan fingerprint density at radius 1 is 1.18 bits per heavy atom. The normalized spacial score (nSPS) is 12.5. The van der Waals surface area contributed by atoms with Crippen LogP contribution in [0.25, 0.3) is 10.2 Å². The number of hydrogen-bond donors (Lipinski definition) is 1. The van der Waals surface area contributed by atoms with E-state index < -0.39 is 6.10 Å². The van der Waals surface area contributed by atoms with Crippen molar-refractivity contribution in [3.05, 3.63) is 53.6 Å². The fourth-order valence-corrected chi connectivity index (χ4v) is 3.98. The summed E-state index contributed by atoms with van der Waals surface area (Å²) in [7, 11) is 0. The van der Waals surface area contributed by atoms with Crippen molar-refractivity contribution in [3.8, 4) is 5.75 Å². The molecule has 0 saturated carbocycles. The van der Waals surface area contributed by atoms with Crippen molar-refractivity contribution in [2.24, 2.45) is 0 Å². The maximum absolute atomic E-state index is 10.0. The zero-order valence-corrected chi connectivity index (χ0v) is 14.0. The molecule has 0 unspecified atom stereocenters. The van der Waals surface area contributed by atoms with Crippen LogP contribution in [0.1, 0.15) is 0 Å². The maximum atomic E-state index is 10.0. The first-order valence-corrected chi connectivity index (χ1v) is 8.93. The van der Waals surface area contributed by atoms with Gasteiger partial charge < -0.3 is 9.84 Å². The maximum Gasteiger partial charge on any atom is 0.151 e. The van der Waals surface area contributed by atoms with E-state index in [0.29, 0.717) is 16.5 Å². The SMILES string of the molecule is O[C@H](COc1ccc(Cl)cc1)CSc1nc2ccccc2s1. The highest BCUT2D eigenvalue weighted by atomic mass is 35.5. The predicted octanol–water partition coefficient (Wildman–Crippen LogP) is 4.48. The molecule has 0 aliphatic carbocycles. The average Bonchev–Trinajstić information content (AvgIpc) is 2.95. The van der Waals surface area contributed by atoms with Crippen LogP contribution in [0.3, 0.4) is 0 Å². The molecule has 1 atom stereocenters. The molecule has 0 radical (unpaired) electrons. The monoisotopic (exact) mass is 351 g/mol. The number of aliphatic hydroxyl groups is 1. The molecule has 0 fully saturated rings. The van der Waals surface area contributed by atoms with Crippen LogP contribution in [0, 0.1) is 0 Å². The van der Waals surface area contributed by atoms with Gasteiger partial charge in [-0.3, -0.25) is 0 Å². The molecule has 22 heavy (non-hydrogen) atoms. The van der Waals surface area contributed by atoms with Gasteiger partial charge in [0.25, 0.3) is 0 Å². The molecular formula is C16H14ClNO2S2. The van der Waals surface area contributed by atoms with Crippen molar-refractivity contribution in [3.63, 3.8) is 0 Å². The first-order chi connectivity index (χ1) is 10.7.